The maximum absolute atomic E-state index is 3.52. The van der Waals surface area contributed by atoms with E-state index in [1.165, 1.54) is 13.0 Å². The van der Waals surface area contributed by atoms with Crippen molar-refractivity contribution >= 4 is 0 Å². The van der Waals surface area contributed by atoms with E-state index in [0.717, 1.165) is 23.8 Å². The second-order valence-corrected chi connectivity index (χ2v) is 3.83. The minimum absolute atomic E-state index is 0.898. The van der Waals surface area contributed by atoms with Crippen molar-refractivity contribution in [2.24, 2.45) is 17.8 Å². The summed E-state index contributed by atoms with van der Waals surface area (Å²) >= 11 is 0. The van der Waals surface area contributed by atoms with E-state index >= 15 is 0 Å². The third-order valence-electron chi connectivity index (χ3n) is 2.98. The van der Waals surface area contributed by atoms with Crippen LogP contribution in [0, 0.1) is 17.8 Å². The van der Waals surface area contributed by atoms with E-state index in [-0.39, 0.29) is 0 Å². The quantitative estimate of drug-likeness (QED) is 0.556. The summed E-state index contributed by atoms with van der Waals surface area (Å²) in [4.78, 5) is 0. The zero-order valence-electron chi connectivity index (χ0n) is 6.22. The van der Waals surface area contributed by atoms with Gasteiger partial charge in [0.15, 0.2) is 0 Å². The molecule has 1 unspecified atom stereocenters. The zero-order chi connectivity index (χ0) is 6.43. The molecule has 1 heteroatoms. The van der Waals surface area contributed by atoms with E-state index in [9.17, 15) is 0 Å². The number of rotatable bonds is 1. The van der Waals surface area contributed by atoms with Crippen LogP contribution < -0.4 is 5.32 Å². The van der Waals surface area contributed by atoms with Crippen molar-refractivity contribution in [3.63, 3.8) is 0 Å². The first kappa shape index (κ1) is 5.72. The molecule has 1 nitrogen and oxygen atoms in total. The van der Waals surface area contributed by atoms with E-state index in [1.807, 2.05) is 0 Å². The number of hydrogen-bond acceptors (Lipinski definition) is 1. The Morgan fingerprint density at radius 2 is 2.22 bits per heavy atom. The van der Waals surface area contributed by atoms with Gasteiger partial charge in [-0.2, -0.15) is 0 Å². The zero-order valence-corrected chi connectivity index (χ0v) is 6.22. The SMILES string of the molecule is CC(C)C1[C@H]2CN[C@@H]1C2. The number of hydrogen-bond donors (Lipinski definition) is 1. The highest BCUT2D eigenvalue weighted by Gasteiger charge is 2.47. The van der Waals surface area contributed by atoms with E-state index in [4.69, 9.17) is 0 Å². The molecule has 1 aliphatic carbocycles. The first-order valence-corrected chi connectivity index (χ1v) is 4.02. The summed E-state index contributed by atoms with van der Waals surface area (Å²) in [5.41, 5.74) is 0. The Labute approximate surface area is 56.8 Å². The van der Waals surface area contributed by atoms with Crippen LogP contribution >= 0.6 is 0 Å². The Morgan fingerprint density at radius 1 is 1.44 bits per heavy atom. The smallest absolute Gasteiger partial charge is 0.0104 e. The van der Waals surface area contributed by atoms with Crippen LogP contribution in [0.25, 0.3) is 0 Å². The summed E-state index contributed by atoms with van der Waals surface area (Å²) in [6.45, 7) is 5.99. The van der Waals surface area contributed by atoms with Gasteiger partial charge in [0.05, 0.1) is 0 Å². The van der Waals surface area contributed by atoms with Crippen molar-refractivity contribution in [1.29, 1.82) is 0 Å². The molecule has 3 aliphatic rings. The highest BCUT2D eigenvalue weighted by Crippen LogP contribution is 2.44. The lowest BCUT2D eigenvalue weighted by atomic mass is 9.68. The molecule has 9 heavy (non-hydrogen) atoms. The van der Waals surface area contributed by atoms with Gasteiger partial charge in [-0.25, -0.2) is 0 Å². The van der Waals surface area contributed by atoms with E-state index in [0.29, 0.717) is 0 Å². The molecule has 2 aliphatic heterocycles. The van der Waals surface area contributed by atoms with Crippen molar-refractivity contribution in [2.45, 2.75) is 26.3 Å². The van der Waals surface area contributed by atoms with Crippen molar-refractivity contribution in [3.05, 3.63) is 0 Å². The lowest BCUT2D eigenvalue weighted by Crippen LogP contribution is -2.40. The van der Waals surface area contributed by atoms with Gasteiger partial charge < -0.3 is 5.32 Å². The van der Waals surface area contributed by atoms with Gasteiger partial charge in [0, 0.05) is 6.04 Å². The first-order chi connectivity index (χ1) is 4.29. The van der Waals surface area contributed by atoms with Gasteiger partial charge in [-0.1, -0.05) is 13.8 Å². The molecule has 2 saturated heterocycles. The van der Waals surface area contributed by atoms with Gasteiger partial charge in [0.2, 0.25) is 0 Å². The molecule has 1 N–H and O–H groups in total. The van der Waals surface area contributed by atoms with Crippen LogP contribution in [0.4, 0.5) is 0 Å². The summed E-state index contributed by atoms with van der Waals surface area (Å²) < 4.78 is 0. The molecule has 1 saturated carbocycles. The second kappa shape index (κ2) is 1.72. The number of nitrogens with one attached hydrogen (secondary N) is 1. The predicted molar refractivity (Wildman–Crippen MR) is 38.2 cm³/mol. The van der Waals surface area contributed by atoms with Gasteiger partial charge >= 0.3 is 0 Å². The summed E-state index contributed by atoms with van der Waals surface area (Å²) in [7, 11) is 0. The Hall–Kier alpha value is -0.0400. The van der Waals surface area contributed by atoms with E-state index in [1.54, 1.807) is 0 Å². The molecule has 52 valence electrons. The fourth-order valence-electron chi connectivity index (χ4n) is 2.52. The van der Waals surface area contributed by atoms with Crippen LogP contribution in [0.5, 0.6) is 0 Å². The van der Waals surface area contributed by atoms with Gasteiger partial charge in [-0.15, -0.1) is 0 Å². The molecule has 0 amide bonds. The molecule has 0 spiro atoms. The summed E-state index contributed by atoms with van der Waals surface area (Å²) in [5, 5.41) is 3.52. The average Bonchev–Trinajstić information content (AvgIpc) is 2.13. The van der Waals surface area contributed by atoms with Gasteiger partial charge in [-0.3, -0.25) is 0 Å². The highest BCUT2D eigenvalue weighted by atomic mass is 15.0. The minimum atomic E-state index is 0.898. The van der Waals surface area contributed by atoms with Crippen molar-refractivity contribution < 1.29 is 0 Å². The molecule has 0 radical (unpaired) electrons. The topological polar surface area (TPSA) is 12.0 Å². The largest absolute Gasteiger partial charge is 0.313 e. The average molecular weight is 125 g/mol. The maximum Gasteiger partial charge on any atom is 0.0104 e. The molecular weight excluding hydrogens is 110 g/mol. The van der Waals surface area contributed by atoms with Gasteiger partial charge in [0.25, 0.3) is 0 Å². The van der Waals surface area contributed by atoms with Crippen LogP contribution in [-0.4, -0.2) is 12.6 Å². The molecule has 2 bridgehead atoms. The Balaban J connectivity index is 2.02. The van der Waals surface area contributed by atoms with Crippen LogP contribution in [0.3, 0.4) is 0 Å². The molecule has 0 aromatic rings. The van der Waals surface area contributed by atoms with Crippen LogP contribution in [-0.2, 0) is 0 Å². The second-order valence-electron chi connectivity index (χ2n) is 3.83. The van der Waals surface area contributed by atoms with Crippen LogP contribution in [0.1, 0.15) is 20.3 Å². The van der Waals surface area contributed by atoms with Gasteiger partial charge in [-0.05, 0) is 30.7 Å². The van der Waals surface area contributed by atoms with Gasteiger partial charge in [0.1, 0.15) is 0 Å². The van der Waals surface area contributed by atoms with Crippen molar-refractivity contribution in [2.75, 3.05) is 6.54 Å². The summed E-state index contributed by atoms with van der Waals surface area (Å²) in [6.07, 6.45) is 1.46. The fourth-order valence-corrected chi connectivity index (χ4v) is 2.52. The van der Waals surface area contributed by atoms with E-state index < -0.39 is 0 Å². The third kappa shape index (κ3) is 0.644. The minimum Gasteiger partial charge on any atom is -0.313 e. The molecular formula is C8H15N. The number of fused-ring (bicyclic) bond motifs is 1. The van der Waals surface area contributed by atoms with Crippen LogP contribution in [0.2, 0.25) is 0 Å². The molecule has 3 fully saturated rings. The predicted octanol–water partition coefficient (Wildman–Crippen LogP) is 1.25. The van der Waals surface area contributed by atoms with Crippen molar-refractivity contribution in [3.8, 4) is 0 Å². The van der Waals surface area contributed by atoms with Crippen LogP contribution in [0.15, 0.2) is 0 Å². The van der Waals surface area contributed by atoms with E-state index in [2.05, 4.69) is 19.2 Å². The lowest BCUT2D eigenvalue weighted by molar-refractivity contribution is 0.154. The Kier molecular flexibility index (Phi) is 1.10. The summed E-state index contributed by atoms with van der Waals surface area (Å²) in [6, 6.07) is 0.898. The maximum atomic E-state index is 3.52. The normalized spacial score (nSPS) is 47.7. The Morgan fingerprint density at radius 3 is 2.44 bits per heavy atom. The molecule has 0 aromatic heterocycles. The molecule has 2 heterocycles. The molecule has 0 aromatic carbocycles. The first-order valence-electron chi connectivity index (χ1n) is 4.02. The molecule has 3 atom stereocenters. The fraction of sp³-hybridized carbons (Fsp3) is 1.00. The Bertz CT molecular complexity index is 106. The van der Waals surface area contributed by atoms with Crippen molar-refractivity contribution in [1.82, 2.24) is 5.32 Å². The lowest BCUT2D eigenvalue weighted by Gasteiger charge is -2.37. The summed E-state index contributed by atoms with van der Waals surface area (Å²) in [5.74, 6) is 2.96. The standard InChI is InChI=1S/C8H15N/c1-5(2)8-6-3-7(8)9-4-6/h5-9H,3-4H2,1-2H3/t6-,7-,8?/m1/s1. The monoisotopic (exact) mass is 125 g/mol. The third-order valence-corrected chi connectivity index (χ3v) is 2.98. The molecule has 3 rings (SSSR count). The highest BCUT2D eigenvalue weighted by molar-refractivity contribution is 5.02.